The lowest BCUT2D eigenvalue weighted by Crippen LogP contribution is -2.50. The van der Waals surface area contributed by atoms with Gasteiger partial charge in [0.2, 0.25) is 5.91 Å². The van der Waals surface area contributed by atoms with E-state index in [1.54, 1.807) is 22.7 Å². The van der Waals surface area contributed by atoms with Crippen molar-refractivity contribution >= 4 is 29.7 Å². The van der Waals surface area contributed by atoms with Crippen molar-refractivity contribution in [2.45, 2.75) is 6.42 Å². The van der Waals surface area contributed by atoms with Crippen molar-refractivity contribution in [3.8, 4) is 0 Å². The fraction of sp³-hybridized carbons (Fsp3) is 0.167. The third-order valence-electron chi connectivity index (χ3n) is 3.00. The predicted octanol–water partition coefficient (Wildman–Crippen LogP) is 0.593. The quantitative estimate of drug-likeness (QED) is 0.799. The SMILES string of the molecule is O=Cc1cccn2c(N3CCC(=O)NC3=O)cnc12. The zero-order valence-electron chi connectivity index (χ0n) is 9.87. The number of fused-ring (bicyclic) bond motifs is 1. The van der Waals surface area contributed by atoms with Crippen molar-refractivity contribution in [3.05, 3.63) is 30.1 Å². The molecule has 0 saturated carbocycles. The molecule has 1 saturated heterocycles. The van der Waals surface area contributed by atoms with E-state index < -0.39 is 6.03 Å². The molecule has 3 heterocycles. The van der Waals surface area contributed by atoms with Crippen LogP contribution in [0.15, 0.2) is 24.5 Å². The maximum absolute atomic E-state index is 11.8. The van der Waals surface area contributed by atoms with E-state index in [-0.39, 0.29) is 12.3 Å². The second-order valence-corrected chi connectivity index (χ2v) is 4.15. The molecule has 3 rings (SSSR count). The Balaban J connectivity index is 2.09. The summed E-state index contributed by atoms with van der Waals surface area (Å²) < 4.78 is 1.65. The predicted molar refractivity (Wildman–Crippen MR) is 66.1 cm³/mol. The molecule has 0 spiro atoms. The number of urea groups is 1. The summed E-state index contributed by atoms with van der Waals surface area (Å²) in [4.78, 5) is 39.4. The Morgan fingerprint density at radius 3 is 2.95 bits per heavy atom. The van der Waals surface area contributed by atoms with Gasteiger partial charge in [-0.15, -0.1) is 0 Å². The highest BCUT2D eigenvalue weighted by Gasteiger charge is 2.26. The fourth-order valence-electron chi connectivity index (χ4n) is 2.09. The van der Waals surface area contributed by atoms with Gasteiger partial charge in [-0.2, -0.15) is 0 Å². The summed E-state index contributed by atoms with van der Waals surface area (Å²) >= 11 is 0. The molecule has 0 aliphatic carbocycles. The first-order valence-electron chi connectivity index (χ1n) is 5.73. The summed E-state index contributed by atoms with van der Waals surface area (Å²) in [7, 11) is 0. The molecule has 1 fully saturated rings. The molecule has 19 heavy (non-hydrogen) atoms. The monoisotopic (exact) mass is 258 g/mol. The van der Waals surface area contributed by atoms with Crippen LogP contribution in [0.5, 0.6) is 0 Å². The molecule has 7 heteroatoms. The lowest BCUT2D eigenvalue weighted by atomic mass is 10.3. The van der Waals surface area contributed by atoms with Crippen molar-refractivity contribution in [2.75, 3.05) is 11.4 Å². The zero-order chi connectivity index (χ0) is 13.4. The van der Waals surface area contributed by atoms with Crippen molar-refractivity contribution in [1.82, 2.24) is 14.7 Å². The average molecular weight is 258 g/mol. The Kier molecular flexibility index (Phi) is 2.52. The maximum atomic E-state index is 11.8. The highest BCUT2D eigenvalue weighted by Crippen LogP contribution is 2.20. The lowest BCUT2D eigenvalue weighted by molar-refractivity contribution is -0.120. The first kappa shape index (κ1) is 11.4. The highest BCUT2D eigenvalue weighted by molar-refractivity contribution is 6.05. The number of rotatable bonds is 2. The molecular formula is C12H10N4O3. The summed E-state index contributed by atoms with van der Waals surface area (Å²) in [5.41, 5.74) is 0.930. The van der Waals surface area contributed by atoms with Gasteiger partial charge in [-0.05, 0) is 12.1 Å². The van der Waals surface area contributed by atoms with Gasteiger partial charge < -0.3 is 0 Å². The van der Waals surface area contributed by atoms with Gasteiger partial charge in [-0.1, -0.05) is 0 Å². The molecule has 96 valence electrons. The molecule has 1 aliphatic heterocycles. The summed E-state index contributed by atoms with van der Waals surface area (Å²) in [6, 6.07) is 2.88. The standard InChI is InChI=1S/C12H10N4O3/c17-7-8-2-1-4-15-10(6-13-11(8)15)16-5-3-9(18)14-12(16)19/h1-2,4,6-7H,3,5H2,(H,14,18,19). The number of aromatic nitrogens is 2. The van der Waals surface area contributed by atoms with Gasteiger partial charge in [-0.3, -0.25) is 24.2 Å². The van der Waals surface area contributed by atoms with Crippen LogP contribution in [-0.2, 0) is 4.79 Å². The number of imide groups is 1. The highest BCUT2D eigenvalue weighted by atomic mass is 16.2. The molecule has 0 bridgehead atoms. The van der Waals surface area contributed by atoms with Gasteiger partial charge in [0.25, 0.3) is 0 Å². The maximum Gasteiger partial charge on any atom is 0.329 e. The number of hydrogen-bond acceptors (Lipinski definition) is 4. The largest absolute Gasteiger partial charge is 0.329 e. The van der Waals surface area contributed by atoms with Crippen molar-refractivity contribution in [1.29, 1.82) is 0 Å². The number of carbonyl (C=O) groups excluding carboxylic acids is 3. The minimum absolute atomic E-state index is 0.242. The van der Waals surface area contributed by atoms with E-state index in [1.165, 1.54) is 11.1 Å². The number of aldehydes is 1. The Morgan fingerprint density at radius 1 is 1.37 bits per heavy atom. The number of nitrogens with one attached hydrogen (secondary N) is 1. The smallest absolute Gasteiger partial charge is 0.298 e. The van der Waals surface area contributed by atoms with Gasteiger partial charge in [0.05, 0.1) is 11.8 Å². The van der Waals surface area contributed by atoms with Crippen LogP contribution in [0.4, 0.5) is 10.6 Å². The normalized spacial score (nSPS) is 15.7. The van der Waals surface area contributed by atoms with Crippen LogP contribution in [0.25, 0.3) is 5.65 Å². The van der Waals surface area contributed by atoms with Crippen molar-refractivity contribution < 1.29 is 14.4 Å². The molecule has 0 unspecified atom stereocenters. The van der Waals surface area contributed by atoms with Crippen LogP contribution in [0.2, 0.25) is 0 Å². The number of nitrogens with zero attached hydrogens (tertiary/aromatic N) is 3. The van der Waals surface area contributed by atoms with Crippen LogP contribution in [0, 0.1) is 0 Å². The summed E-state index contributed by atoms with van der Waals surface area (Å²) in [6.07, 6.45) is 4.18. The number of amides is 3. The number of hydrogen-bond donors (Lipinski definition) is 1. The molecule has 1 aliphatic rings. The summed E-state index contributed by atoms with van der Waals surface area (Å²) in [5.74, 6) is 0.243. The zero-order valence-corrected chi connectivity index (χ0v) is 9.87. The van der Waals surface area contributed by atoms with Gasteiger partial charge in [-0.25, -0.2) is 9.78 Å². The molecule has 1 N–H and O–H groups in total. The van der Waals surface area contributed by atoms with Crippen LogP contribution < -0.4 is 10.2 Å². The molecular weight excluding hydrogens is 248 g/mol. The van der Waals surface area contributed by atoms with Crippen LogP contribution in [-0.4, -0.2) is 34.2 Å². The third kappa shape index (κ3) is 1.75. The van der Waals surface area contributed by atoms with E-state index in [0.717, 1.165) is 0 Å². The Morgan fingerprint density at radius 2 is 2.21 bits per heavy atom. The number of carbonyl (C=O) groups is 3. The van der Waals surface area contributed by atoms with Gasteiger partial charge in [0, 0.05) is 19.2 Å². The van der Waals surface area contributed by atoms with Gasteiger partial charge >= 0.3 is 6.03 Å². The van der Waals surface area contributed by atoms with E-state index in [9.17, 15) is 14.4 Å². The average Bonchev–Trinajstić information content (AvgIpc) is 2.82. The third-order valence-corrected chi connectivity index (χ3v) is 3.00. The minimum Gasteiger partial charge on any atom is -0.298 e. The molecule has 0 atom stereocenters. The first-order valence-corrected chi connectivity index (χ1v) is 5.73. The Labute approximate surface area is 107 Å². The molecule has 7 nitrogen and oxygen atoms in total. The first-order chi connectivity index (χ1) is 9.20. The minimum atomic E-state index is -0.477. The molecule has 2 aromatic rings. The molecule has 0 radical (unpaired) electrons. The fourth-order valence-corrected chi connectivity index (χ4v) is 2.09. The lowest BCUT2D eigenvalue weighted by Gasteiger charge is -2.25. The van der Waals surface area contributed by atoms with E-state index >= 15 is 0 Å². The summed E-state index contributed by atoms with van der Waals surface area (Å²) in [5, 5.41) is 2.25. The molecule has 3 amide bonds. The second kappa shape index (κ2) is 4.20. The van der Waals surface area contributed by atoms with Gasteiger partial charge in [0.1, 0.15) is 11.5 Å². The van der Waals surface area contributed by atoms with E-state index in [0.29, 0.717) is 29.9 Å². The van der Waals surface area contributed by atoms with Crippen LogP contribution >= 0.6 is 0 Å². The van der Waals surface area contributed by atoms with Crippen molar-refractivity contribution in [3.63, 3.8) is 0 Å². The second-order valence-electron chi connectivity index (χ2n) is 4.15. The van der Waals surface area contributed by atoms with Crippen LogP contribution in [0.3, 0.4) is 0 Å². The Bertz CT molecular complexity index is 691. The number of pyridine rings is 1. The van der Waals surface area contributed by atoms with E-state index in [2.05, 4.69) is 10.3 Å². The van der Waals surface area contributed by atoms with Crippen molar-refractivity contribution in [2.24, 2.45) is 0 Å². The Hall–Kier alpha value is -2.70. The topological polar surface area (TPSA) is 83.8 Å². The van der Waals surface area contributed by atoms with Crippen LogP contribution in [0.1, 0.15) is 16.8 Å². The number of anilines is 1. The number of imidazole rings is 1. The van der Waals surface area contributed by atoms with E-state index in [4.69, 9.17) is 0 Å². The van der Waals surface area contributed by atoms with Gasteiger partial charge in [0.15, 0.2) is 6.29 Å². The summed E-state index contributed by atoms with van der Waals surface area (Å²) in [6.45, 7) is 0.295. The molecule has 0 aromatic carbocycles. The molecule has 2 aromatic heterocycles. The van der Waals surface area contributed by atoms with E-state index in [1.807, 2.05) is 0 Å².